The van der Waals surface area contributed by atoms with Crippen molar-refractivity contribution in [3.8, 4) is 0 Å². The molecule has 4 heteroatoms. The second-order valence-corrected chi connectivity index (χ2v) is 4.93. The second kappa shape index (κ2) is 5.45. The smallest absolute Gasteiger partial charge is 0.132 e. The molecule has 0 radical (unpaired) electrons. The predicted molar refractivity (Wildman–Crippen MR) is 70.2 cm³/mol. The molecule has 17 heavy (non-hydrogen) atoms. The van der Waals surface area contributed by atoms with Crippen molar-refractivity contribution in [2.45, 2.75) is 45.1 Å². The molecule has 0 spiro atoms. The Morgan fingerprint density at radius 3 is 2.76 bits per heavy atom. The monoisotopic (exact) mass is 234 g/mol. The zero-order chi connectivity index (χ0) is 12.3. The Morgan fingerprint density at radius 2 is 2.12 bits per heavy atom. The minimum atomic E-state index is 0.363. The Bertz CT molecular complexity index is 358. The van der Waals surface area contributed by atoms with Gasteiger partial charge in [0.15, 0.2) is 0 Å². The zero-order valence-electron chi connectivity index (χ0n) is 10.8. The van der Waals surface area contributed by atoms with Crippen LogP contribution in [0.3, 0.4) is 0 Å². The van der Waals surface area contributed by atoms with Crippen LogP contribution in [0.5, 0.6) is 0 Å². The number of nitrogens with two attached hydrogens (primary N) is 1. The van der Waals surface area contributed by atoms with E-state index in [1.54, 1.807) is 6.33 Å². The van der Waals surface area contributed by atoms with Crippen LogP contribution in [-0.4, -0.2) is 29.1 Å². The van der Waals surface area contributed by atoms with E-state index in [0.29, 0.717) is 12.0 Å². The molecule has 94 valence electrons. The standard InChI is InChI=1S/C13H22N4/c1-3-10(2)12-8-13(16-9-15-12)17-6-4-11(14)5-7-17/h8-11H,3-7,14H2,1-2H3. The van der Waals surface area contributed by atoms with E-state index in [2.05, 4.69) is 34.8 Å². The molecule has 1 atom stereocenters. The third kappa shape index (κ3) is 2.94. The lowest BCUT2D eigenvalue weighted by Gasteiger charge is -2.31. The quantitative estimate of drug-likeness (QED) is 0.868. The first kappa shape index (κ1) is 12.3. The van der Waals surface area contributed by atoms with Crippen molar-refractivity contribution in [1.82, 2.24) is 9.97 Å². The number of hydrogen-bond acceptors (Lipinski definition) is 4. The van der Waals surface area contributed by atoms with E-state index >= 15 is 0 Å². The summed E-state index contributed by atoms with van der Waals surface area (Å²) < 4.78 is 0. The maximum Gasteiger partial charge on any atom is 0.132 e. The number of rotatable bonds is 3. The van der Waals surface area contributed by atoms with Crippen molar-refractivity contribution in [1.29, 1.82) is 0 Å². The summed E-state index contributed by atoms with van der Waals surface area (Å²) in [5.41, 5.74) is 7.06. The molecule has 0 saturated carbocycles. The molecule has 1 aromatic heterocycles. The summed E-state index contributed by atoms with van der Waals surface area (Å²) in [6, 6.07) is 2.49. The highest BCUT2D eigenvalue weighted by molar-refractivity contribution is 5.40. The first-order chi connectivity index (χ1) is 8.20. The van der Waals surface area contributed by atoms with Gasteiger partial charge in [0.05, 0.1) is 0 Å². The Morgan fingerprint density at radius 1 is 1.41 bits per heavy atom. The lowest BCUT2D eigenvalue weighted by molar-refractivity contribution is 0.498. The average molecular weight is 234 g/mol. The average Bonchev–Trinajstić information content (AvgIpc) is 2.39. The third-order valence-electron chi connectivity index (χ3n) is 3.65. The van der Waals surface area contributed by atoms with E-state index in [-0.39, 0.29) is 0 Å². The van der Waals surface area contributed by atoms with E-state index in [0.717, 1.165) is 43.9 Å². The zero-order valence-corrected chi connectivity index (χ0v) is 10.8. The van der Waals surface area contributed by atoms with Gasteiger partial charge < -0.3 is 10.6 Å². The molecule has 1 aliphatic heterocycles. The van der Waals surface area contributed by atoms with Crippen LogP contribution < -0.4 is 10.6 Å². The highest BCUT2D eigenvalue weighted by Crippen LogP contribution is 2.22. The highest BCUT2D eigenvalue weighted by Gasteiger charge is 2.18. The van der Waals surface area contributed by atoms with Crippen LogP contribution in [-0.2, 0) is 0 Å². The van der Waals surface area contributed by atoms with Crippen molar-refractivity contribution in [3.05, 3.63) is 18.1 Å². The van der Waals surface area contributed by atoms with Crippen LogP contribution in [0.15, 0.2) is 12.4 Å². The van der Waals surface area contributed by atoms with Gasteiger partial charge in [0, 0.05) is 30.9 Å². The largest absolute Gasteiger partial charge is 0.356 e. The Balaban J connectivity index is 2.10. The van der Waals surface area contributed by atoms with Gasteiger partial charge in [0.25, 0.3) is 0 Å². The van der Waals surface area contributed by atoms with E-state index < -0.39 is 0 Å². The fourth-order valence-corrected chi connectivity index (χ4v) is 2.14. The van der Waals surface area contributed by atoms with Gasteiger partial charge in [0.1, 0.15) is 12.1 Å². The van der Waals surface area contributed by atoms with Gasteiger partial charge in [-0.3, -0.25) is 0 Å². The minimum absolute atomic E-state index is 0.363. The first-order valence-electron chi connectivity index (χ1n) is 6.53. The number of hydrogen-bond donors (Lipinski definition) is 1. The topological polar surface area (TPSA) is 55.0 Å². The molecule has 2 rings (SSSR count). The molecule has 0 amide bonds. The molecule has 1 fully saturated rings. The number of nitrogens with zero attached hydrogens (tertiary/aromatic N) is 3. The lowest BCUT2D eigenvalue weighted by Crippen LogP contribution is -2.40. The predicted octanol–water partition coefficient (Wildman–Crippen LogP) is 1.92. The highest BCUT2D eigenvalue weighted by atomic mass is 15.2. The molecule has 0 bridgehead atoms. The summed E-state index contributed by atoms with van der Waals surface area (Å²) in [5.74, 6) is 1.56. The third-order valence-corrected chi connectivity index (χ3v) is 3.65. The molecule has 2 N–H and O–H groups in total. The number of piperidine rings is 1. The summed E-state index contributed by atoms with van der Waals surface area (Å²) >= 11 is 0. The van der Waals surface area contributed by atoms with Crippen molar-refractivity contribution in [2.24, 2.45) is 5.73 Å². The van der Waals surface area contributed by atoms with Crippen LogP contribution in [0.2, 0.25) is 0 Å². The van der Waals surface area contributed by atoms with Crippen LogP contribution in [0.1, 0.15) is 44.7 Å². The molecule has 0 aromatic carbocycles. The number of aromatic nitrogens is 2. The van der Waals surface area contributed by atoms with E-state index in [4.69, 9.17) is 5.73 Å². The summed E-state index contributed by atoms with van der Waals surface area (Å²) in [7, 11) is 0. The normalized spacial score (nSPS) is 19.4. The van der Waals surface area contributed by atoms with E-state index in [1.807, 2.05) is 0 Å². The molecule has 0 aliphatic carbocycles. The minimum Gasteiger partial charge on any atom is -0.356 e. The van der Waals surface area contributed by atoms with Crippen molar-refractivity contribution < 1.29 is 0 Å². The fourth-order valence-electron chi connectivity index (χ4n) is 2.14. The van der Waals surface area contributed by atoms with Gasteiger partial charge in [-0.2, -0.15) is 0 Å². The Hall–Kier alpha value is -1.16. The van der Waals surface area contributed by atoms with Gasteiger partial charge in [-0.1, -0.05) is 13.8 Å². The van der Waals surface area contributed by atoms with Gasteiger partial charge in [-0.05, 0) is 25.2 Å². The lowest BCUT2D eigenvalue weighted by atomic mass is 10.0. The van der Waals surface area contributed by atoms with Crippen LogP contribution in [0.25, 0.3) is 0 Å². The summed E-state index contributed by atoms with van der Waals surface area (Å²) in [4.78, 5) is 11.1. The van der Waals surface area contributed by atoms with Crippen LogP contribution in [0, 0.1) is 0 Å². The summed E-state index contributed by atoms with van der Waals surface area (Å²) in [6.45, 7) is 6.42. The fraction of sp³-hybridized carbons (Fsp3) is 0.692. The summed E-state index contributed by atoms with van der Waals surface area (Å²) in [6.07, 6.45) is 4.91. The Kier molecular flexibility index (Phi) is 3.94. The summed E-state index contributed by atoms with van der Waals surface area (Å²) in [5, 5.41) is 0. The first-order valence-corrected chi connectivity index (χ1v) is 6.53. The van der Waals surface area contributed by atoms with Gasteiger partial charge in [-0.15, -0.1) is 0 Å². The number of anilines is 1. The van der Waals surface area contributed by atoms with Gasteiger partial charge >= 0.3 is 0 Å². The Labute approximate surface area is 103 Å². The van der Waals surface area contributed by atoms with Crippen molar-refractivity contribution in [3.63, 3.8) is 0 Å². The maximum atomic E-state index is 5.92. The maximum absolute atomic E-state index is 5.92. The van der Waals surface area contributed by atoms with Crippen molar-refractivity contribution >= 4 is 5.82 Å². The van der Waals surface area contributed by atoms with E-state index in [9.17, 15) is 0 Å². The second-order valence-electron chi connectivity index (χ2n) is 4.93. The molecular formula is C13H22N4. The van der Waals surface area contributed by atoms with Crippen molar-refractivity contribution in [2.75, 3.05) is 18.0 Å². The molecule has 1 aromatic rings. The van der Waals surface area contributed by atoms with Gasteiger partial charge in [-0.25, -0.2) is 9.97 Å². The van der Waals surface area contributed by atoms with E-state index in [1.165, 1.54) is 0 Å². The van der Waals surface area contributed by atoms with Gasteiger partial charge in [0.2, 0.25) is 0 Å². The molecular weight excluding hydrogens is 212 g/mol. The van der Waals surface area contributed by atoms with Crippen LogP contribution in [0.4, 0.5) is 5.82 Å². The molecule has 4 nitrogen and oxygen atoms in total. The molecule has 1 unspecified atom stereocenters. The molecule has 1 aliphatic rings. The molecule has 1 saturated heterocycles. The van der Waals surface area contributed by atoms with Crippen LogP contribution >= 0.6 is 0 Å². The SMILES string of the molecule is CCC(C)c1cc(N2CCC(N)CC2)ncn1. The molecule has 2 heterocycles.